The molecule has 0 N–H and O–H groups in total. The van der Waals surface area contributed by atoms with Crippen LogP contribution in [0.5, 0.6) is 0 Å². The predicted molar refractivity (Wildman–Crippen MR) is 204 cm³/mol. The van der Waals surface area contributed by atoms with Crippen LogP contribution in [0.1, 0.15) is 0 Å². The van der Waals surface area contributed by atoms with Gasteiger partial charge in [0.15, 0.2) is 0 Å². The summed E-state index contributed by atoms with van der Waals surface area (Å²) in [5.41, 5.74) is 7.43. The summed E-state index contributed by atoms with van der Waals surface area (Å²) in [6.07, 6.45) is 0. The van der Waals surface area contributed by atoms with E-state index in [9.17, 15) is 0 Å². The second-order valence-electron chi connectivity index (χ2n) is 11.5. The molecule has 0 saturated heterocycles. The molecule has 3 heteroatoms. The molecule has 0 radical (unpaired) electrons. The van der Waals surface area contributed by atoms with Crippen molar-refractivity contribution in [3.8, 4) is 33.4 Å². The Bertz CT molecular complexity index is 2600. The summed E-state index contributed by atoms with van der Waals surface area (Å²) < 4.78 is 4.77. The molecule has 0 atom stereocenters. The van der Waals surface area contributed by atoms with Crippen molar-refractivity contribution in [2.45, 2.75) is 0 Å². The predicted octanol–water partition coefficient (Wildman–Crippen LogP) is 14.0. The van der Waals surface area contributed by atoms with E-state index < -0.39 is 0 Å². The van der Waals surface area contributed by atoms with Gasteiger partial charge in [0.2, 0.25) is 0 Å². The van der Waals surface area contributed by atoms with Crippen molar-refractivity contribution < 1.29 is 0 Å². The SMILES string of the molecule is Brc1ccc2c3ccc(Br)cc3c3c(-c4ccccc4)c(-c4cccc5sc6ccccc6c45)cc(-c4ccccc4)c3c2c1. The van der Waals surface area contributed by atoms with Gasteiger partial charge in [-0.3, -0.25) is 0 Å². The fraction of sp³-hybridized carbons (Fsp3) is 0. The van der Waals surface area contributed by atoms with Crippen LogP contribution in [0.15, 0.2) is 155 Å². The average Bonchev–Trinajstić information content (AvgIpc) is 3.47. The van der Waals surface area contributed by atoms with Gasteiger partial charge in [0.1, 0.15) is 0 Å². The molecule has 9 rings (SSSR count). The Labute approximate surface area is 281 Å². The first-order chi connectivity index (χ1) is 22.2. The summed E-state index contributed by atoms with van der Waals surface area (Å²) in [4.78, 5) is 0. The van der Waals surface area contributed by atoms with E-state index in [1.165, 1.54) is 85.9 Å². The van der Waals surface area contributed by atoms with E-state index in [-0.39, 0.29) is 0 Å². The zero-order valence-electron chi connectivity index (χ0n) is 24.0. The Kier molecular flexibility index (Phi) is 6.42. The van der Waals surface area contributed by atoms with E-state index in [2.05, 4.69) is 177 Å². The molecule has 9 aromatic rings. The molecule has 0 fully saturated rings. The van der Waals surface area contributed by atoms with Crippen molar-refractivity contribution in [1.29, 1.82) is 0 Å². The number of hydrogen-bond donors (Lipinski definition) is 0. The van der Waals surface area contributed by atoms with Crippen LogP contribution in [0.3, 0.4) is 0 Å². The lowest BCUT2D eigenvalue weighted by Crippen LogP contribution is -1.95. The standard InChI is InChI=1S/C42H24Br2S/c43-27-18-20-29-30-21-19-28(44)23-35(30)42-39(26-12-5-2-6-13-26)36(24-33(41(42)34(29)22-27)25-10-3-1-4-11-25)31-15-9-17-38-40(31)32-14-7-8-16-37(32)45-38/h1-24H. The Morgan fingerprint density at radius 1 is 0.356 bits per heavy atom. The van der Waals surface area contributed by atoms with Crippen LogP contribution in [0.2, 0.25) is 0 Å². The molecule has 0 saturated carbocycles. The maximum Gasteiger partial charge on any atom is 0.0361 e. The molecule has 212 valence electrons. The third-order valence-corrected chi connectivity index (χ3v) is 11.1. The van der Waals surface area contributed by atoms with Crippen LogP contribution >= 0.6 is 43.2 Å². The number of benzene rings is 8. The second-order valence-corrected chi connectivity index (χ2v) is 14.4. The van der Waals surface area contributed by atoms with Crippen LogP contribution < -0.4 is 0 Å². The first-order valence-electron chi connectivity index (χ1n) is 15.0. The van der Waals surface area contributed by atoms with Gasteiger partial charge in [0.25, 0.3) is 0 Å². The van der Waals surface area contributed by atoms with Crippen LogP contribution in [-0.4, -0.2) is 0 Å². The monoisotopic (exact) mass is 718 g/mol. The van der Waals surface area contributed by atoms with Gasteiger partial charge in [-0.05, 0) is 108 Å². The summed E-state index contributed by atoms with van der Waals surface area (Å²) in [5.74, 6) is 0. The lowest BCUT2D eigenvalue weighted by molar-refractivity contribution is 1.62. The molecule has 0 spiro atoms. The fourth-order valence-electron chi connectivity index (χ4n) is 7.11. The normalized spacial score (nSPS) is 11.8. The Morgan fingerprint density at radius 3 is 1.67 bits per heavy atom. The van der Waals surface area contributed by atoms with E-state index in [4.69, 9.17) is 0 Å². The Morgan fingerprint density at radius 2 is 0.956 bits per heavy atom. The summed E-state index contributed by atoms with van der Waals surface area (Å²) in [6, 6.07) is 53.4. The van der Waals surface area contributed by atoms with E-state index in [1.54, 1.807) is 0 Å². The molecule has 0 unspecified atom stereocenters. The van der Waals surface area contributed by atoms with Crippen molar-refractivity contribution in [3.05, 3.63) is 155 Å². The third-order valence-electron chi connectivity index (χ3n) is 8.96. The lowest BCUT2D eigenvalue weighted by Gasteiger charge is -2.22. The summed E-state index contributed by atoms with van der Waals surface area (Å²) in [5, 5.41) is 10.2. The lowest BCUT2D eigenvalue weighted by atomic mass is 9.81. The first kappa shape index (κ1) is 27.1. The number of fused-ring (bicyclic) bond motifs is 9. The molecule has 1 aromatic heterocycles. The highest BCUT2D eigenvalue weighted by Gasteiger charge is 2.23. The number of thiophene rings is 1. The molecule has 0 aliphatic carbocycles. The highest BCUT2D eigenvalue weighted by molar-refractivity contribution is 9.10. The molecule has 0 aliphatic rings. The smallest absolute Gasteiger partial charge is 0.0361 e. The summed E-state index contributed by atoms with van der Waals surface area (Å²) >= 11 is 9.55. The van der Waals surface area contributed by atoms with Crippen LogP contribution in [0, 0.1) is 0 Å². The molecule has 0 amide bonds. The Hall–Kier alpha value is -4.28. The van der Waals surface area contributed by atoms with Gasteiger partial charge in [-0.25, -0.2) is 0 Å². The molecular formula is C42H24Br2S. The maximum atomic E-state index is 3.85. The molecule has 8 aromatic carbocycles. The van der Waals surface area contributed by atoms with Crippen molar-refractivity contribution in [1.82, 2.24) is 0 Å². The minimum atomic E-state index is 1.07. The zero-order valence-corrected chi connectivity index (χ0v) is 28.0. The van der Waals surface area contributed by atoms with Gasteiger partial charge in [0, 0.05) is 29.1 Å². The Balaban J connectivity index is 1.61. The number of halogens is 2. The molecule has 45 heavy (non-hydrogen) atoms. The van der Waals surface area contributed by atoms with Gasteiger partial charge >= 0.3 is 0 Å². The average molecular weight is 721 g/mol. The largest absolute Gasteiger partial charge is 0.135 e. The van der Waals surface area contributed by atoms with Crippen molar-refractivity contribution in [2.75, 3.05) is 0 Å². The van der Waals surface area contributed by atoms with E-state index in [1.807, 2.05) is 11.3 Å². The first-order valence-corrected chi connectivity index (χ1v) is 17.4. The number of hydrogen-bond acceptors (Lipinski definition) is 1. The molecular weight excluding hydrogens is 696 g/mol. The van der Waals surface area contributed by atoms with Crippen molar-refractivity contribution in [3.63, 3.8) is 0 Å². The van der Waals surface area contributed by atoms with Crippen LogP contribution in [-0.2, 0) is 0 Å². The summed E-state index contributed by atoms with van der Waals surface area (Å²) in [6.45, 7) is 0. The molecule has 0 bridgehead atoms. The second kappa shape index (κ2) is 10.7. The highest BCUT2D eigenvalue weighted by Crippen LogP contribution is 2.51. The number of rotatable bonds is 3. The van der Waals surface area contributed by atoms with Gasteiger partial charge in [-0.1, -0.05) is 135 Å². The van der Waals surface area contributed by atoms with Crippen molar-refractivity contribution >= 4 is 95.7 Å². The quantitative estimate of drug-likeness (QED) is 0.159. The van der Waals surface area contributed by atoms with Crippen LogP contribution in [0.25, 0.3) is 85.9 Å². The van der Waals surface area contributed by atoms with Gasteiger partial charge in [0.05, 0.1) is 0 Å². The zero-order chi connectivity index (χ0) is 30.1. The minimum absolute atomic E-state index is 1.07. The summed E-state index contributed by atoms with van der Waals surface area (Å²) in [7, 11) is 0. The van der Waals surface area contributed by atoms with E-state index in [0.29, 0.717) is 0 Å². The highest BCUT2D eigenvalue weighted by atomic mass is 79.9. The maximum absolute atomic E-state index is 3.85. The molecule has 0 aliphatic heterocycles. The van der Waals surface area contributed by atoms with Gasteiger partial charge in [-0.15, -0.1) is 11.3 Å². The molecule has 0 nitrogen and oxygen atoms in total. The minimum Gasteiger partial charge on any atom is -0.135 e. The third kappa shape index (κ3) is 4.29. The fourth-order valence-corrected chi connectivity index (χ4v) is 8.96. The molecule has 1 heterocycles. The van der Waals surface area contributed by atoms with Gasteiger partial charge < -0.3 is 0 Å². The van der Waals surface area contributed by atoms with Crippen LogP contribution in [0.4, 0.5) is 0 Å². The van der Waals surface area contributed by atoms with E-state index >= 15 is 0 Å². The topological polar surface area (TPSA) is 0 Å². The van der Waals surface area contributed by atoms with Gasteiger partial charge in [-0.2, -0.15) is 0 Å². The van der Waals surface area contributed by atoms with E-state index in [0.717, 1.165) is 8.95 Å². The van der Waals surface area contributed by atoms with Crippen molar-refractivity contribution in [2.24, 2.45) is 0 Å².